The molecule has 1 aromatic rings. The van der Waals surface area contributed by atoms with Crippen LogP contribution in [0.1, 0.15) is 36.8 Å². The topological polar surface area (TPSA) is 37.3 Å². The number of hydrogen-bond donors (Lipinski definition) is 1. The molecule has 1 fully saturated rings. The van der Waals surface area contributed by atoms with Crippen molar-refractivity contribution in [1.82, 2.24) is 0 Å². The third kappa shape index (κ3) is 1.43. The zero-order chi connectivity index (χ0) is 12.0. The fourth-order valence-electron chi connectivity index (χ4n) is 3.57. The highest BCUT2D eigenvalue weighted by Gasteiger charge is 2.51. The Balaban J connectivity index is 2.14. The second-order valence-corrected chi connectivity index (χ2v) is 5.61. The number of carbonyl (C=O) groups is 1. The highest BCUT2D eigenvalue weighted by Crippen LogP contribution is 2.55. The Morgan fingerprint density at radius 3 is 2.76 bits per heavy atom. The standard InChI is InChI=1S/C14H15ClO2/c15-12-4-1-3-10-9(12)5-6-11(13(16)17)14(10)7-2-8-14/h1,3-4,11H,2,5-8H2,(H,16,17). The molecule has 1 N–H and O–H groups in total. The average Bonchev–Trinajstić information content (AvgIpc) is 2.25. The smallest absolute Gasteiger partial charge is 0.307 e. The third-order valence-electron chi connectivity index (χ3n) is 4.55. The molecule has 90 valence electrons. The first-order chi connectivity index (χ1) is 8.15. The number of hydrogen-bond acceptors (Lipinski definition) is 1. The van der Waals surface area contributed by atoms with E-state index >= 15 is 0 Å². The lowest BCUT2D eigenvalue weighted by atomic mass is 9.53. The molecule has 0 aliphatic heterocycles. The zero-order valence-corrected chi connectivity index (χ0v) is 10.3. The van der Waals surface area contributed by atoms with Crippen molar-refractivity contribution in [3.05, 3.63) is 34.3 Å². The number of carboxylic acids is 1. The first kappa shape index (κ1) is 11.1. The van der Waals surface area contributed by atoms with Crippen LogP contribution >= 0.6 is 11.6 Å². The zero-order valence-electron chi connectivity index (χ0n) is 9.58. The van der Waals surface area contributed by atoms with Gasteiger partial charge in [-0.3, -0.25) is 4.79 Å². The summed E-state index contributed by atoms with van der Waals surface area (Å²) in [6, 6.07) is 5.94. The Bertz CT molecular complexity index is 477. The van der Waals surface area contributed by atoms with Gasteiger partial charge in [0.05, 0.1) is 5.92 Å². The van der Waals surface area contributed by atoms with Gasteiger partial charge < -0.3 is 5.11 Å². The maximum atomic E-state index is 11.4. The second-order valence-electron chi connectivity index (χ2n) is 5.21. The van der Waals surface area contributed by atoms with Crippen LogP contribution in [-0.2, 0) is 16.6 Å². The number of aliphatic carboxylic acids is 1. The van der Waals surface area contributed by atoms with Crippen LogP contribution in [0.3, 0.4) is 0 Å². The summed E-state index contributed by atoms with van der Waals surface area (Å²) in [6.07, 6.45) is 4.66. The largest absolute Gasteiger partial charge is 0.481 e. The molecule has 17 heavy (non-hydrogen) atoms. The molecule has 0 bridgehead atoms. The lowest BCUT2D eigenvalue weighted by Gasteiger charge is -2.50. The van der Waals surface area contributed by atoms with E-state index in [0.717, 1.165) is 37.1 Å². The minimum atomic E-state index is -0.643. The summed E-state index contributed by atoms with van der Waals surface area (Å²) < 4.78 is 0. The highest BCUT2D eigenvalue weighted by atomic mass is 35.5. The van der Waals surface area contributed by atoms with Gasteiger partial charge in [-0.05, 0) is 42.9 Å². The van der Waals surface area contributed by atoms with Crippen LogP contribution in [0.5, 0.6) is 0 Å². The molecule has 1 spiro atoms. The number of rotatable bonds is 1. The van der Waals surface area contributed by atoms with Crippen LogP contribution in [-0.4, -0.2) is 11.1 Å². The van der Waals surface area contributed by atoms with Gasteiger partial charge in [0.2, 0.25) is 0 Å². The predicted octanol–water partition coefficient (Wildman–Crippen LogP) is 3.41. The SMILES string of the molecule is O=C(O)C1CCc2c(Cl)cccc2C12CCC2. The molecule has 0 saturated heterocycles. The van der Waals surface area contributed by atoms with Crippen molar-refractivity contribution in [3.63, 3.8) is 0 Å². The van der Waals surface area contributed by atoms with Gasteiger partial charge in [0.1, 0.15) is 0 Å². The van der Waals surface area contributed by atoms with E-state index in [9.17, 15) is 9.90 Å². The molecular formula is C14H15ClO2. The molecule has 0 radical (unpaired) electrons. The van der Waals surface area contributed by atoms with Gasteiger partial charge in [0.25, 0.3) is 0 Å². The third-order valence-corrected chi connectivity index (χ3v) is 4.90. The van der Waals surface area contributed by atoms with Crippen molar-refractivity contribution < 1.29 is 9.90 Å². The van der Waals surface area contributed by atoms with Crippen LogP contribution < -0.4 is 0 Å². The molecule has 3 heteroatoms. The predicted molar refractivity (Wildman–Crippen MR) is 66.4 cm³/mol. The minimum absolute atomic E-state index is 0.121. The summed E-state index contributed by atoms with van der Waals surface area (Å²) in [5.74, 6) is -0.863. The van der Waals surface area contributed by atoms with Gasteiger partial charge >= 0.3 is 5.97 Å². The minimum Gasteiger partial charge on any atom is -0.481 e. The van der Waals surface area contributed by atoms with Crippen molar-refractivity contribution >= 4 is 17.6 Å². The monoisotopic (exact) mass is 250 g/mol. The van der Waals surface area contributed by atoms with Gasteiger partial charge in [0, 0.05) is 10.4 Å². The quantitative estimate of drug-likeness (QED) is 0.829. The van der Waals surface area contributed by atoms with E-state index in [1.807, 2.05) is 12.1 Å². The van der Waals surface area contributed by atoms with Crippen molar-refractivity contribution in [2.24, 2.45) is 5.92 Å². The molecule has 3 rings (SSSR count). The summed E-state index contributed by atoms with van der Waals surface area (Å²) in [4.78, 5) is 11.4. The van der Waals surface area contributed by atoms with Crippen molar-refractivity contribution in [3.8, 4) is 0 Å². The van der Waals surface area contributed by atoms with E-state index in [1.165, 1.54) is 11.1 Å². The summed E-state index contributed by atoms with van der Waals surface area (Å²) in [5.41, 5.74) is 2.27. The van der Waals surface area contributed by atoms with Crippen LogP contribution in [0.2, 0.25) is 5.02 Å². The molecule has 0 amide bonds. The highest BCUT2D eigenvalue weighted by molar-refractivity contribution is 6.31. The fraction of sp³-hybridized carbons (Fsp3) is 0.500. The maximum Gasteiger partial charge on any atom is 0.307 e. The first-order valence-electron chi connectivity index (χ1n) is 6.16. The van der Waals surface area contributed by atoms with Gasteiger partial charge in [-0.15, -0.1) is 0 Å². The number of benzene rings is 1. The van der Waals surface area contributed by atoms with Crippen molar-refractivity contribution in [1.29, 1.82) is 0 Å². The fourth-order valence-corrected chi connectivity index (χ4v) is 3.84. The molecule has 2 aliphatic rings. The lowest BCUT2D eigenvalue weighted by molar-refractivity contribution is -0.147. The molecule has 2 nitrogen and oxygen atoms in total. The van der Waals surface area contributed by atoms with Crippen LogP contribution in [0.15, 0.2) is 18.2 Å². The molecule has 0 aromatic heterocycles. The Morgan fingerprint density at radius 2 is 2.18 bits per heavy atom. The number of halogens is 1. The van der Waals surface area contributed by atoms with Crippen LogP contribution in [0.4, 0.5) is 0 Å². The summed E-state index contributed by atoms with van der Waals surface area (Å²) in [7, 11) is 0. The molecule has 1 atom stereocenters. The lowest BCUT2D eigenvalue weighted by Crippen LogP contribution is -2.48. The number of fused-ring (bicyclic) bond motifs is 2. The van der Waals surface area contributed by atoms with E-state index in [4.69, 9.17) is 11.6 Å². The molecule has 1 aromatic carbocycles. The average molecular weight is 251 g/mol. The second kappa shape index (κ2) is 3.74. The van der Waals surface area contributed by atoms with E-state index < -0.39 is 5.97 Å². The molecule has 1 unspecified atom stereocenters. The van der Waals surface area contributed by atoms with E-state index in [0.29, 0.717) is 0 Å². The molecule has 1 saturated carbocycles. The normalized spacial score (nSPS) is 25.1. The van der Waals surface area contributed by atoms with Gasteiger partial charge in [-0.25, -0.2) is 0 Å². The number of carboxylic acid groups (broad SMARTS) is 1. The van der Waals surface area contributed by atoms with Crippen molar-refractivity contribution in [2.45, 2.75) is 37.5 Å². The maximum absolute atomic E-state index is 11.4. The molecule has 2 aliphatic carbocycles. The molecule has 0 heterocycles. The van der Waals surface area contributed by atoms with E-state index in [2.05, 4.69) is 6.07 Å². The van der Waals surface area contributed by atoms with E-state index in [1.54, 1.807) is 0 Å². The Kier molecular flexibility index (Phi) is 2.44. The van der Waals surface area contributed by atoms with Gasteiger partial charge in [-0.2, -0.15) is 0 Å². The Labute approximate surface area is 106 Å². The van der Waals surface area contributed by atoms with Crippen molar-refractivity contribution in [2.75, 3.05) is 0 Å². The Hall–Kier alpha value is -1.02. The summed E-state index contributed by atoms with van der Waals surface area (Å²) in [6.45, 7) is 0. The van der Waals surface area contributed by atoms with Crippen LogP contribution in [0.25, 0.3) is 0 Å². The Morgan fingerprint density at radius 1 is 1.41 bits per heavy atom. The molecular weight excluding hydrogens is 236 g/mol. The van der Waals surface area contributed by atoms with Gasteiger partial charge in [-0.1, -0.05) is 30.2 Å². The first-order valence-corrected chi connectivity index (χ1v) is 6.53. The summed E-state index contributed by atoms with van der Waals surface area (Å²) in [5, 5.41) is 10.2. The van der Waals surface area contributed by atoms with Gasteiger partial charge in [0.15, 0.2) is 0 Å². The van der Waals surface area contributed by atoms with Crippen LogP contribution in [0, 0.1) is 5.92 Å². The van der Waals surface area contributed by atoms with E-state index in [-0.39, 0.29) is 11.3 Å². The summed E-state index contributed by atoms with van der Waals surface area (Å²) >= 11 is 6.23.